The zero-order valence-electron chi connectivity index (χ0n) is 17.5. The molecule has 1 fully saturated rings. The van der Waals surface area contributed by atoms with Crippen LogP contribution in [0.3, 0.4) is 0 Å². The highest BCUT2D eigenvalue weighted by atomic mass is 16.3. The lowest BCUT2D eigenvalue weighted by Gasteiger charge is -2.35. The number of rotatable bonds is 5. The molecular weight excluding hydrogens is 394 g/mol. The van der Waals surface area contributed by atoms with Crippen molar-refractivity contribution in [3.05, 3.63) is 53.9 Å². The van der Waals surface area contributed by atoms with Crippen LogP contribution in [0, 0.1) is 0 Å². The van der Waals surface area contributed by atoms with E-state index in [9.17, 15) is 4.79 Å². The van der Waals surface area contributed by atoms with Crippen LogP contribution in [0.1, 0.15) is 41.1 Å². The van der Waals surface area contributed by atoms with Crippen LogP contribution in [-0.2, 0) is 6.42 Å². The van der Waals surface area contributed by atoms with Crippen molar-refractivity contribution < 1.29 is 9.21 Å². The fourth-order valence-electron chi connectivity index (χ4n) is 4.29. The predicted octanol–water partition coefficient (Wildman–Crippen LogP) is 2.53. The van der Waals surface area contributed by atoms with Gasteiger partial charge in [0, 0.05) is 63.9 Å². The minimum atomic E-state index is 0.0132. The van der Waals surface area contributed by atoms with E-state index in [1.807, 2.05) is 25.1 Å². The van der Waals surface area contributed by atoms with Gasteiger partial charge in [-0.05, 0) is 25.1 Å². The molecule has 3 aromatic rings. The molecular formula is C22H25N7O2. The van der Waals surface area contributed by atoms with Gasteiger partial charge in [0.1, 0.15) is 11.6 Å². The molecule has 0 amide bonds. The number of Topliss-reactive ketones (excluding diaryl/α,β-unsaturated/α-hetero) is 1. The summed E-state index contributed by atoms with van der Waals surface area (Å²) in [4.78, 5) is 35.6. The number of nitrogens with zero attached hydrogens (tertiary/aromatic N) is 6. The first kappa shape index (κ1) is 19.5. The second kappa shape index (κ2) is 8.33. The van der Waals surface area contributed by atoms with Gasteiger partial charge in [-0.15, -0.1) is 0 Å². The zero-order valence-corrected chi connectivity index (χ0v) is 17.5. The number of carbonyl (C=O) groups is 1. The summed E-state index contributed by atoms with van der Waals surface area (Å²) in [5, 5.41) is 3.28. The van der Waals surface area contributed by atoms with Crippen molar-refractivity contribution in [3.63, 3.8) is 0 Å². The molecule has 0 radical (unpaired) electrons. The van der Waals surface area contributed by atoms with Crippen LogP contribution in [0.15, 0.2) is 41.3 Å². The molecule has 9 heteroatoms. The number of aromatic nitrogens is 4. The van der Waals surface area contributed by atoms with Gasteiger partial charge in [0.15, 0.2) is 5.78 Å². The summed E-state index contributed by atoms with van der Waals surface area (Å²) < 4.78 is 5.58. The quantitative estimate of drug-likeness (QED) is 0.668. The Hall–Kier alpha value is -3.49. The third-order valence-corrected chi connectivity index (χ3v) is 5.81. The van der Waals surface area contributed by atoms with E-state index in [0.29, 0.717) is 36.7 Å². The molecule has 5 rings (SSSR count). The third-order valence-electron chi connectivity index (χ3n) is 5.81. The molecule has 1 N–H and O–H groups in total. The fraction of sp³-hybridized carbons (Fsp3) is 0.409. The van der Waals surface area contributed by atoms with E-state index >= 15 is 0 Å². The maximum atomic E-state index is 13.0. The molecule has 0 bridgehead atoms. The predicted molar refractivity (Wildman–Crippen MR) is 117 cm³/mol. The van der Waals surface area contributed by atoms with E-state index in [1.165, 1.54) is 0 Å². The Morgan fingerprint density at radius 1 is 1.03 bits per heavy atom. The van der Waals surface area contributed by atoms with Gasteiger partial charge in [0.05, 0.1) is 17.5 Å². The summed E-state index contributed by atoms with van der Waals surface area (Å²) >= 11 is 0. The Labute approximate surface area is 180 Å². The van der Waals surface area contributed by atoms with Crippen molar-refractivity contribution in [2.24, 2.45) is 0 Å². The molecule has 0 saturated carbocycles. The summed E-state index contributed by atoms with van der Waals surface area (Å²) in [6.07, 6.45) is 6.26. The molecule has 0 aromatic carbocycles. The SMILES string of the molecule is CCNc1nc(N2CCN(c3ncccn3)CC2)nc2c1C(=O)C[C@H](c1ccco1)C2. The number of piperazine rings is 1. The number of fused-ring (bicyclic) bond motifs is 1. The molecule has 160 valence electrons. The summed E-state index contributed by atoms with van der Waals surface area (Å²) in [6.45, 7) is 5.79. The lowest BCUT2D eigenvalue weighted by Crippen LogP contribution is -2.48. The maximum Gasteiger partial charge on any atom is 0.227 e. The Kier molecular flexibility index (Phi) is 5.23. The van der Waals surface area contributed by atoms with Gasteiger partial charge in [-0.3, -0.25) is 4.79 Å². The number of hydrogen-bond donors (Lipinski definition) is 1. The van der Waals surface area contributed by atoms with Crippen molar-refractivity contribution in [1.82, 2.24) is 19.9 Å². The topological polar surface area (TPSA) is 100 Å². The number of anilines is 3. The first-order valence-electron chi connectivity index (χ1n) is 10.7. The van der Waals surface area contributed by atoms with Gasteiger partial charge < -0.3 is 19.5 Å². The van der Waals surface area contributed by atoms with Gasteiger partial charge in [-0.1, -0.05) is 0 Å². The monoisotopic (exact) mass is 419 g/mol. The second-order valence-electron chi connectivity index (χ2n) is 7.79. The van der Waals surface area contributed by atoms with Crippen molar-refractivity contribution in [1.29, 1.82) is 0 Å². The highest BCUT2D eigenvalue weighted by molar-refractivity contribution is 6.03. The van der Waals surface area contributed by atoms with Crippen molar-refractivity contribution >= 4 is 23.5 Å². The Balaban J connectivity index is 1.41. The molecule has 1 aliphatic carbocycles. The average Bonchev–Trinajstić information content (AvgIpc) is 3.35. The first-order chi connectivity index (χ1) is 15.2. The van der Waals surface area contributed by atoms with Crippen LogP contribution in [0.2, 0.25) is 0 Å². The summed E-state index contributed by atoms with van der Waals surface area (Å²) in [6, 6.07) is 5.61. The number of hydrogen-bond acceptors (Lipinski definition) is 9. The summed E-state index contributed by atoms with van der Waals surface area (Å²) in [5.74, 6) is 2.96. The van der Waals surface area contributed by atoms with E-state index < -0.39 is 0 Å². The molecule has 1 aliphatic heterocycles. The molecule has 3 aromatic heterocycles. The lowest BCUT2D eigenvalue weighted by atomic mass is 9.84. The minimum Gasteiger partial charge on any atom is -0.469 e. The maximum absolute atomic E-state index is 13.0. The van der Waals surface area contributed by atoms with Gasteiger partial charge >= 0.3 is 0 Å². The molecule has 2 aliphatic rings. The van der Waals surface area contributed by atoms with Gasteiger partial charge in [-0.25, -0.2) is 15.0 Å². The largest absolute Gasteiger partial charge is 0.469 e. The zero-order chi connectivity index (χ0) is 21.2. The van der Waals surface area contributed by atoms with E-state index in [1.54, 1.807) is 18.7 Å². The highest BCUT2D eigenvalue weighted by Crippen LogP contribution is 2.35. The van der Waals surface area contributed by atoms with E-state index in [0.717, 1.165) is 43.6 Å². The third kappa shape index (κ3) is 3.83. The molecule has 0 spiro atoms. The molecule has 4 heterocycles. The standard InChI is InChI=1S/C22H25N7O2/c1-2-23-20-19-16(13-15(14-17(19)30)18-5-3-12-31-18)26-22(27-20)29-10-8-28(9-11-29)21-24-6-4-7-25-21/h3-7,12,15H,2,8-11,13-14H2,1H3,(H,23,26,27)/t15-/m1/s1. The van der Waals surface area contributed by atoms with Crippen LogP contribution in [0.4, 0.5) is 17.7 Å². The van der Waals surface area contributed by atoms with Crippen LogP contribution in [0.25, 0.3) is 0 Å². The van der Waals surface area contributed by atoms with E-state index in [-0.39, 0.29) is 11.7 Å². The van der Waals surface area contributed by atoms with Gasteiger partial charge in [-0.2, -0.15) is 4.98 Å². The van der Waals surface area contributed by atoms with Crippen molar-refractivity contribution in [2.45, 2.75) is 25.7 Å². The normalized spacial score (nSPS) is 18.7. The van der Waals surface area contributed by atoms with Gasteiger partial charge in [0.2, 0.25) is 11.9 Å². The van der Waals surface area contributed by atoms with Crippen molar-refractivity contribution in [2.75, 3.05) is 47.8 Å². The van der Waals surface area contributed by atoms with Crippen LogP contribution in [-0.4, -0.2) is 58.4 Å². The lowest BCUT2D eigenvalue weighted by molar-refractivity contribution is 0.0959. The number of furan rings is 1. The smallest absolute Gasteiger partial charge is 0.227 e. The first-order valence-corrected chi connectivity index (χ1v) is 10.7. The molecule has 31 heavy (non-hydrogen) atoms. The molecule has 0 unspecified atom stereocenters. The molecule has 1 saturated heterocycles. The second-order valence-corrected chi connectivity index (χ2v) is 7.79. The Morgan fingerprint density at radius 3 is 2.45 bits per heavy atom. The summed E-state index contributed by atoms with van der Waals surface area (Å²) in [7, 11) is 0. The molecule has 1 atom stereocenters. The molecule has 9 nitrogen and oxygen atoms in total. The van der Waals surface area contributed by atoms with E-state index in [2.05, 4.69) is 25.1 Å². The average molecular weight is 419 g/mol. The van der Waals surface area contributed by atoms with Gasteiger partial charge in [0.25, 0.3) is 0 Å². The summed E-state index contributed by atoms with van der Waals surface area (Å²) in [5.41, 5.74) is 1.43. The fourth-order valence-corrected chi connectivity index (χ4v) is 4.29. The minimum absolute atomic E-state index is 0.0132. The Morgan fingerprint density at radius 2 is 1.77 bits per heavy atom. The number of nitrogens with one attached hydrogen (secondary N) is 1. The van der Waals surface area contributed by atoms with E-state index in [4.69, 9.17) is 14.4 Å². The van der Waals surface area contributed by atoms with Crippen LogP contribution >= 0.6 is 0 Å². The van der Waals surface area contributed by atoms with Crippen LogP contribution in [0.5, 0.6) is 0 Å². The number of ketones is 1. The number of carbonyl (C=O) groups excluding carboxylic acids is 1. The van der Waals surface area contributed by atoms with Crippen LogP contribution < -0.4 is 15.1 Å². The Bertz CT molecular complexity index is 1050. The van der Waals surface area contributed by atoms with Crippen molar-refractivity contribution in [3.8, 4) is 0 Å². The highest BCUT2D eigenvalue weighted by Gasteiger charge is 2.33.